The Morgan fingerprint density at radius 1 is 1.67 bits per heavy atom. The van der Waals surface area contributed by atoms with Gasteiger partial charge in [0.25, 0.3) is 5.56 Å². The zero-order valence-electron chi connectivity index (χ0n) is 9.80. The number of nitrogens with one attached hydrogen (secondary N) is 1. The minimum Gasteiger partial charge on any atom is -0.457 e. The van der Waals surface area contributed by atoms with Gasteiger partial charge in [-0.3, -0.25) is 9.59 Å². The van der Waals surface area contributed by atoms with E-state index in [1.54, 1.807) is 6.07 Å². The van der Waals surface area contributed by atoms with E-state index >= 15 is 0 Å². The minimum atomic E-state index is -0.199. The Hall–Kier alpha value is -1.69. The number of nitrogens with zero attached hydrogens (tertiary/aromatic N) is 1. The van der Waals surface area contributed by atoms with E-state index in [-0.39, 0.29) is 24.1 Å². The number of carbonyl (C=O) groups excluding carboxylic acids is 1. The first-order chi connectivity index (χ1) is 8.65. The highest BCUT2D eigenvalue weighted by atomic mass is 32.1. The number of thiophene rings is 1. The van der Waals surface area contributed by atoms with Crippen molar-refractivity contribution in [3.63, 3.8) is 0 Å². The smallest absolute Gasteiger partial charge is 0.309 e. The van der Waals surface area contributed by atoms with Crippen molar-refractivity contribution in [2.75, 3.05) is 0 Å². The molecule has 1 N–H and O–H groups in total. The van der Waals surface area contributed by atoms with E-state index in [0.29, 0.717) is 22.0 Å². The normalized spacial score (nSPS) is 22.1. The number of ether oxygens (including phenoxy) is 1. The average Bonchev–Trinajstić information content (AvgIpc) is 2.89. The molecular weight excluding hydrogens is 252 g/mol. The summed E-state index contributed by atoms with van der Waals surface area (Å²) in [7, 11) is 0. The second kappa shape index (κ2) is 4.20. The predicted molar refractivity (Wildman–Crippen MR) is 67.3 cm³/mol. The van der Waals surface area contributed by atoms with Crippen LogP contribution in [0.1, 0.15) is 19.2 Å². The maximum Gasteiger partial charge on any atom is 0.309 e. The Bertz CT molecular complexity index is 661. The maximum atomic E-state index is 11.7. The predicted octanol–water partition coefficient (Wildman–Crippen LogP) is 1.68. The van der Waals surface area contributed by atoms with Gasteiger partial charge in [0.2, 0.25) is 0 Å². The molecule has 0 saturated heterocycles. The molecule has 0 bridgehead atoms. The van der Waals surface area contributed by atoms with Gasteiger partial charge in [-0.2, -0.15) is 0 Å². The summed E-state index contributed by atoms with van der Waals surface area (Å²) in [5, 5.41) is 1.81. The zero-order valence-corrected chi connectivity index (χ0v) is 10.6. The van der Waals surface area contributed by atoms with Gasteiger partial charge in [-0.15, -0.1) is 11.3 Å². The molecule has 0 aliphatic heterocycles. The topological polar surface area (TPSA) is 72.0 Å². The molecule has 6 heteroatoms. The average molecular weight is 264 g/mol. The first-order valence-electron chi connectivity index (χ1n) is 5.78. The van der Waals surface area contributed by atoms with Gasteiger partial charge in [-0.05, 0) is 23.8 Å². The number of aromatic amines is 1. The number of hydrogen-bond donors (Lipinski definition) is 1. The molecule has 0 unspecified atom stereocenters. The van der Waals surface area contributed by atoms with Crippen molar-refractivity contribution >= 4 is 27.5 Å². The summed E-state index contributed by atoms with van der Waals surface area (Å²) < 4.78 is 5.73. The molecule has 1 aliphatic carbocycles. The van der Waals surface area contributed by atoms with Gasteiger partial charge in [0.05, 0.1) is 11.4 Å². The monoisotopic (exact) mass is 264 g/mol. The number of esters is 1. The van der Waals surface area contributed by atoms with Crippen LogP contribution in [0.2, 0.25) is 0 Å². The second-order valence-electron chi connectivity index (χ2n) is 4.57. The van der Waals surface area contributed by atoms with Crippen molar-refractivity contribution in [2.45, 2.75) is 20.0 Å². The van der Waals surface area contributed by atoms with E-state index in [9.17, 15) is 9.59 Å². The van der Waals surface area contributed by atoms with Crippen LogP contribution in [0, 0.1) is 11.8 Å². The second-order valence-corrected chi connectivity index (χ2v) is 5.49. The summed E-state index contributed by atoms with van der Waals surface area (Å²) in [6, 6.07) is 1.78. The molecule has 0 radical (unpaired) electrons. The fourth-order valence-electron chi connectivity index (χ4n) is 1.89. The molecule has 1 fully saturated rings. The third kappa shape index (κ3) is 2.03. The summed E-state index contributed by atoms with van der Waals surface area (Å²) in [5.41, 5.74) is 0.468. The third-order valence-corrected chi connectivity index (χ3v) is 4.03. The molecule has 0 amide bonds. The lowest BCUT2D eigenvalue weighted by Gasteiger charge is -2.03. The van der Waals surface area contributed by atoms with Gasteiger partial charge < -0.3 is 9.72 Å². The molecule has 2 aromatic heterocycles. The SMILES string of the molecule is C[C@@H]1C[C@H]1C(=O)OCc1nc2ccsc2c(=O)[nH]1. The van der Waals surface area contributed by atoms with Crippen molar-refractivity contribution in [1.29, 1.82) is 0 Å². The zero-order chi connectivity index (χ0) is 12.7. The summed E-state index contributed by atoms with van der Waals surface area (Å²) in [5.74, 6) is 0.647. The van der Waals surface area contributed by atoms with Crippen LogP contribution in [0.5, 0.6) is 0 Å². The summed E-state index contributed by atoms with van der Waals surface area (Å²) >= 11 is 1.35. The van der Waals surface area contributed by atoms with Crippen LogP contribution in [0.25, 0.3) is 10.2 Å². The standard InChI is InChI=1S/C12H12N2O3S/c1-6-4-7(6)12(16)17-5-9-13-8-2-3-18-10(8)11(15)14-9/h2-3,6-7H,4-5H2,1H3,(H,13,14,15)/t6-,7-/m1/s1. The molecule has 0 spiro atoms. The van der Waals surface area contributed by atoms with E-state index in [4.69, 9.17) is 4.74 Å². The molecule has 1 aliphatic rings. The summed E-state index contributed by atoms with van der Waals surface area (Å²) in [6.45, 7) is 2.05. The first-order valence-corrected chi connectivity index (χ1v) is 6.66. The van der Waals surface area contributed by atoms with Crippen LogP contribution in [0.3, 0.4) is 0 Å². The van der Waals surface area contributed by atoms with Crippen molar-refractivity contribution in [2.24, 2.45) is 11.8 Å². The number of rotatable bonds is 3. The molecular formula is C12H12N2O3S. The lowest BCUT2D eigenvalue weighted by molar-refractivity contribution is -0.147. The molecule has 5 nitrogen and oxygen atoms in total. The Morgan fingerprint density at radius 3 is 3.17 bits per heavy atom. The Labute approximate surface area is 107 Å². The van der Waals surface area contributed by atoms with E-state index in [1.165, 1.54) is 11.3 Å². The molecule has 2 heterocycles. The van der Waals surface area contributed by atoms with Crippen LogP contribution < -0.4 is 5.56 Å². The van der Waals surface area contributed by atoms with Crippen molar-refractivity contribution < 1.29 is 9.53 Å². The van der Waals surface area contributed by atoms with Crippen LogP contribution in [0.15, 0.2) is 16.2 Å². The van der Waals surface area contributed by atoms with Crippen LogP contribution in [-0.4, -0.2) is 15.9 Å². The van der Waals surface area contributed by atoms with Crippen LogP contribution >= 0.6 is 11.3 Å². The van der Waals surface area contributed by atoms with Gasteiger partial charge in [-0.1, -0.05) is 6.92 Å². The molecule has 2 atom stereocenters. The van der Waals surface area contributed by atoms with E-state index in [0.717, 1.165) is 6.42 Å². The lowest BCUT2D eigenvalue weighted by atomic mass is 10.3. The Kier molecular flexibility index (Phi) is 2.66. The van der Waals surface area contributed by atoms with Crippen molar-refractivity contribution in [3.05, 3.63) is 27.6 Å². The van der Waals surface area contributed by atoms with E-state index in [1.807, 2.05) is 12.3 Å². The minimum absolute atomic E-state index is 0.0293. The molecule has 0 aromatic carbocycles. The highest BCUT2D eigenvalue weighted by Gasteiger charge is 2.40. The maximum absolute atomic E-state index is 11.7. The summed E-state index contributed by atoms with van der Waals surface area (Å²) in [6.07, 6.45) is 0.895. The molecule has 18 heavy (non-hydrogen) atoms. The summed E-state index contributed by atoms with van der Waals surface area (Å²) in [4.78, 5) is 30.1. The number of fused-ring (bicyclic) bond motifs is 1. The fourth-order valence-corrected chi connectivity index (χ4v) is 2.61. The lowest BCUT2D eigenvalue weighted by Crippen LogP contribution is -2.14. The highest BCUT2D eigenvalue weighted by Crippen LogP contribution is 2.38. The third-order valence-electron chi connectivity index (χ3n) is 3.13. The molecule has 94 valence electrons. The van der Waals surface area contributed by atoms with Crippen molar-refractivity contribution in [1.82, 2.24) is 9.97 Å². The van der Waals surface area contributed by atoms with Crippen LogP contribution in [0.4, 0.5) is 0 Å². The van der Waals surface area contributed by atoms with Gasteiger partial charge in [0.15, 0.2) is 0 Å². The fraction of sp³-hybridized carbons (Fsp3) is 0.417. The number of carbonyl (C=O) groups is 1. The highest BCUT2D eigenvalue weighted by molar-refractivity contribution is 7.17. The number of hydrogen-bond acceptors (Lipinski definition) is 5. The number of aromatic nitrogens is 2. The van der Waals surface area contributed by atoms with Gasteiger partial charge in [0, 0.05) is 0 Å². The van der Waals surface area contributed by atoms with E-state index < -0.39 is 0 Å². The Balaban J connectivity index is 1.74. The molecule has 3 rings (SSSR count). The largest absolute Gasteiger partial charge is 0.457 e. The van der Waals surface area contributed by atoms with Gasteiger partial charge in [0.1, 0.15) is 17.1 Å². The Morgan fingerprint density at radius 2 is 2.44 bits per heavy atom. The molecule has 1 saturated carbocycles. The first kappa shape index (κ1) is 11.4. The number of H-pyrrole nitrogens is 1. The van der Waals surface area contributed by atoms with Gasteiger partial charge >= 0.3 is 5.97 Å². The van der Waals surface area contributed by atoms with E-state index in [2.05, 4.69) is 9.97 Å². The van der Waals surface area contributed by atoms with Crippen LogP contribution in [-0.2, 0) is 16.1 Å². The van der Waals surface area contributed by atoms with Crippen molar-refractivity contribution in [3.8, 4) is 0 Å². The van der Waals surface area contributed by atoms with Gasteiger partial charge in [-0.25, -0.2) is 4.98 Å². The molecule has 2 aromatic rings. The quantitative estimate of drug-likeness (QED) is 0.856.